The van der Waals surface area contributed by atoms with Gasteiger partial charge in [-0.1, -0.05) is 0 Å². The number of halogens is 2. The van der Waals surface area contributed by atoms with Gasteiger partial charge in [0.15, 0.2) is 10.6 Å². The van der Waals surface area contributed by atoms with Crippen molar-refractivity contribution in [2.75, 3.05) is 0 Å². The van der Waals surface area contributed by atoms with Crippen molar-refractivity contribution in [3.63, 3.8) is 0 Å². The van der Waals surface area contributed by atoms with Crippen LogP contribution in [0.25, 0.3) is 0 Å². The van der Waals surface area contributed by atoms with Crippen molar-refractivity contribution in [1.82, 2.24) is 9.97 Å². The number of ketones is 1. The average molecular weight is 230 g/mol. The molecule has 1 heterocycles. The maximum atomic E-state index is 12.5. The van der Waals surface area contributed by atoms with Crippen molar-refractivity contribution in [3.05, 3.63) is 22.2 Å². The molecule has 6 heteroatoms. The van der Waals surface area contributed by atoms with Gasteiger partial charge in [-0.15, -0.1) is 0 Å². The predicted molar refractivity (Wildman–Crippen MR) is 51.6 cm³/mol. The molecule has 0 bridgehead atoms. The van der Waals surface area contributed by atoms with Gasteiger partial charge in [0.1, 0.15) is 0 Å². The number of nitrogens with zero attached hydrogens (tertiary/aromatic N) is 1. The van der Waals surface area contributed by atoms with Crippen LogP contribution in [0.2, 0.25) is 0 Å². The Balaban J connectivity index is 2.42. The van der Waals surface area contributed by atoms with E-state index in [1.807, 2.05) is 0 Å². The van der Waals surface area contributed by atoms with Gasteiger partial charge in [-0.3, -0.25) is 4.79 Å². The van der Waals surface area contributed by atoms with Gasteiger partial charge in [-0.05, 0) is 18.6 Å². The monoisotopic (exact) mass is 230 g/mol. The summed E-state index contributed by atoms with van der Waals surface area (Å²) < 4.78 is 25.2. The first-order valence-electron chi connectivity index (χ1n) is 4.47. The van der Waals surface area contributed by atoms with E-state index in [1.165, 1.54) is 6.20 Å². The Morgan fingerprint density at radius 1 is 1.53 bits per heavy atom. The van der Waals surface area contributed by atoms with Gasteiger partial charge in [-0.2, -0.15) is 0 Å². The van der Waals surface area contributed by atoms with E-state index in [0.717, 1.165) is 0 Å². The zero-order valence-electron chi connectivity index (χ0n) is 7.67. The lowest BCUT2D eigenvalue weighted by molar-refractivity contribution is 0.0591. The maximum absolute atomic E-state index is 12.5. The Bertz CT molecular complexity index is 458. The minimum Gasteiger partial charge on any atom is -0.334 e. The van der Waals surface area contributed by atoms with E-state index in [4.69, 9.17) is 12.2 Å². The minimum absolute atomic E-state index is 0.114. The van der Waals surface area contributed by atoms with Gasteiger partial charge in [-0.25, -0.2) is 13.8 Å². The molecule has 1 aliphatic rings. The molecule has 80 valence electrons. The fourth-order valence-electron chi connectivity index (χ4n) is 1.69. The first-order valence-corrected chi connectivity index (χ1v) is 4.88. The summed E-state index contributed by atoms with van der Waals surface area (Å²) in [6, 6.07) is 0. The zero-order chi connectivity index (χ0) is 11.0. The number of H-pyrrole nitrogens is 1. The molecule has 1 atom stereocenters. The number of fused-ring (bicyclic) bond motifs is 1. The first kappa shape index (κ1) is 10.4. The number of alkyl halides is 2. The van der Waals surface area contributed by atoms with Crippen LogP contribution in [-0.2, 0) is 6.42 Å². The van der Waals surface area contributed by atoms with Crippen LogP contribution >= 0.6 is 12.2 Å². The summed E-state index contributed by atoms with van der Waals surface area (Å²) in [7, 11) is 0. The Labute approximate surface area is 89.5 Å². The number of aromatic nitrogens is 2. The second-order valence-corrected chi connectivity index (χ2v) is 3.89. The molecular formula is C9H8F2N2OS. The second-order valence-electron chi connectivity index (χ2n) is 3.51. The smallest absolute Gasteiger partial charge is 0.242 e. The van der Waals surface area contributed by atoms with Crippen LogP contribution in [0.4, 0.5) is 8.78 Å². The molecule has 0 radical (unpaired) electrons. The van der Waals surface area contributed by atoms with Crippen LogP contribution in [-0.4, -0.2) is 22.2 Å². The molecule has 0 saturated heterocycles. The van der Waals surface area contributed by atoms with Gasteiger partial charge in [0.05, 0.1) is 5.56 Å². The summed E-state index contributed by atoms with van der Waals surface area (Å²) in [4.78, 5) is 17.9. The summed E-state index contributed by atoms with van der Waals surface area (Å²) in [6.07, 6.45) is -1.07. The van der Waals surface area contributed by atoms with Crippen molar-refractivity contribution in [2.45, 2.75) is 19.3 Å². The summed E-state index contributed by atoms with van der Waals surface area (Å²) in [5, 5.41) is 0. The number of Topliss-reactive ketones (excluding diaryl/α,β-unsaturated/α-hetero) is 1. The molecule has 0 saturated carbocycles. The third-order valence-electron chi connectivity index (χ3n) is 2.46. The van der Waals surface area contributed by atoms with Crippen LogP contribution in [0.3, 0.4) is 0 Å². The number of hydrogen-bond acceptors (Lipinski definition) is 3. The summed E-state index contributed by atoms with van der Waals surface area (Å²) in [5.41, 5.74) is 0.872. The van der Waals surface area contributed by atoms with Crippen molar-refractivity contribution in [3.8, 4) is 0 Å². The maximum Gasteiger partial charge on any atom is 0.242 e. The third-order valence-corrected chi connectivity index (χ3v) is 2.67. The molecule has 1 aromatic heterocycles. The number of carbonyl (C=O) groups excluding carboxylic acids is 1. The van der Waals surface area contributed by atoms with E-state index in [1.54, 1.807) is 0 Å². The molecule has 0 aliphatic heterocycles. The Morgan fingerprint density at radius 2 is 2.27 bits per heavy atom. The highest BCUT2D eigenvalue weighted by Gasteiger charge is 2.31. The molecule has 1 aromatic rings. The molecule has 1 N–H and O–H groups in total. The topological polar surface area (TPSA) is 45.8 Å². The highest BCUT2D eigenvalue weighted by Crippen LogP contribution is 2.27. The van der Waals surface area contributed by atoms with E-state index in [0.29, 0.717) is 11.3 Å². The van der Waals surface area contributed by atoms with Crippen molar-refractivity contribution < 1.29 is 13.6 Å². The summed E-state index contributed by atoms with van der Waals surface area (Å²) in [5.74, 6) is -1.20. The van der Waals surface area contributed by atoms with E-state index in [-0.39, 0.29) is 23.4 Å². The zero-order valence-corrected chi connectivity index (χ0v) is 8.48. The van der Waals surface area contributed by atoms with Crippen LogP contribution in [0.5, 0.6) is 0 Å². The van der Waals surface area contributed by atoms with Gasteiger partial charge in [0.2, 0.25) is 6.43 Å². The Kier molecular flexibility index (Phi) is 2.60. The SMILES string of the molecule is O=C1C[C@H](C(F)F)Cc2[nH]c(=S)ncc21. The highest BCUT2D eigenvalue weighted by molar-refractivity contribution is 7.71. The number of nitrogens with one attached hydrogen (secondary N) is 1. The quantitative estimate of drug-likeness (QED) is 0.752. The van der Waals surface area contributed by atoms with Gasteiger partial charge in [0.25, 0.3) is 0 Å². The third kappa shape index (κ3) is 1.94. The van der Waals surface area contributed by atoms with Crippen LogP contribution in [0.1, 0.15) is 22.5 Å². The average Bonchev–Trinajstić information content (AvgIpc) is 2.16. The van der Waals surface area contributed by atoms with Crippen molar-refractivity contribution in [2.24, 2.45) is 5.92 Å². The molecule has 2 rings (SSSR count). The summed E-state index contributed by atoms with van der Waals surface area (Å²) in [6.45, 7) is 0. The minimum atomic E-state index is -2.47. The summed E-state index contributed by atoms with van der Waals surface area (Å²) >= 11 is 4.77. The highest BCUT2D eigenvalue weighted by atomic mass is 32.1. The van der Waals surface area contributed by atoms with Crippen LogP contribution in [0.15, 0.2) is 6.20 Å². The standard InChI is InChI=1S/C9H8F2N2OS/c10-8(11)4-1-6-5(7(14)2-4)3-12-9(15)13-6/h3-4,8H,1-2H2,(H,12,13,15)/t4-/m1/s1. The number of aromatic amines is 1. The largest absolute Gasteiger partial charge is 0.334 e. The predicted octanol–water partition coefficient (Wildman–Crippen LogP) is 2.15. The lowest BCUT2D eigenvalue weighted by atomic mass is 9.87. The van der Waals surface area contributed by atoms with Crippen molar-refractivity contribution >= 4 is 18.0 Å². The molecule has 3 nitrogen and oxygen atoms in total. The molecule has 0 unspecified atom stereocenters. The molecular weight excluding hydrogens is 222 g/mol. The van der Waals surface area contributed by atoms with E-state index in [2.05, 4.69) is 9.97 Å². The van der Waals surface area contributed by atoms with E-state index >= 15 is 0 Å². The molecule has 0 aromatic carbocycles. The fourth-order valence-corrected chi connectivity index (χ4v) is 1.87. The van der Waals surface area contributed by atoms with Crippen LogP contribution < -0.4 is 0 Å². The second kappa shape index (κ2) is 3.77. The number of carbonyl (C=O) groups is 1. The Hall–Kier alpha value is -1.17. The van der Waals surface area contributed by atoms with Gasteiger partial charge < -0.3 is 4.98 Å². The lowest BCUT2D eigenvalue weighted by Crippen LogP contribution is -2.26. The van der Waals surface area contributed by atoms with E-state index in [9.17, 15) is 13.6 Å². The fraction of sp³-hybridized carbons (Fsp3) is 0.444. The molecule has 1 aliphatic carbocycles. The van der Waals surface area contributed by atoms with E-state index < -0.39 is 12.3 Å². The van der Waals surface area contributed by atoms with Gasteiger partial charge in [0, 0.05) is 24.2 Å². The molecule has 15 heavy (non-hydrogen) atoms. The van der Waals surface area contributed by atoms with Crippen LogP contribution in [0, 0.1) is 10.7 Å². The number of hydrogen-bond donors (Lipinski definition) is 1. The Morgan fingerprint density at radius 3 is 2.93 bits per heavy atom. The number of rotatable bonds is 1. The first-order chi connectivity index (χ1) is 7.08. The molecule has 0 amide bonds. The molecule has 0 spiro atoms. The van der Waals surface area contributed by atoms with Crippen molar-refractivity contribution in [1.29, 1.82) is 0 Å². The lowest BCUT2D eigenvalue weighted by Gasteiger charge is -2.21. The van der Waals surface area contributed by atoms with Gasteiger partial charge >= 0.3 is 0 Å². The normalized spacial score (nSPS) is 20.5. The molecule has 0 fully saturated rings.